The fraction of sp³-hybridized carbons (Fsp3) is 0.143. The van der Waals surface area contributed by atoms with E-state index in [1.165, 1.54) is 0 Å². The summed E-state index contributed by atoms with van der Waals surface area (Å²) < 4.78 is 3.40. The molecule has 0 aliphatic carbocycles. The van der Waals surface area contributed by atoms with Gasteiger partial charge < -0.3 is 10.2 Å². The molecule has 0 radical (unpaired) electrons. The largest absolute Gasteiger partial charge is 0.392 e. The van der Waals surface area contributed by atoms with Crippen molar-refractivity contribution in [1.82, 2.24) is 0 Å². The van der Waals surface area contributed by atoms with Crippen LogP contribution in [0.4, 0.5) is 0 Å². The van der Waals surface area contributed by atoms with Gasteiger partial charge in [-0.15, -0.1) is 0 Å². The van der Waals surface area contributed by atoms with Crippen LogP contribution in [0.15, 0.2) is 42.2 Å². The molecule has 2 rings (SSSR count). The summed E-state index contributed by atoms with van der Waals surface area (Å²) in [5.41, 5.74) is 3.65. The molecule has 0 bridgehead atoms. The Morgan fingerprint density at radius 1 is 0.600 bits per heavy atom. The molecule has 0 fully saturated rings. The number of hydrogen-bond acceptors (Lipinski definition) is 2. The van der Waals surface area contributed by atoms with Crippen molar-refractivity contribution < 1.29 is 10.2 Å². The lowest BCUT2D eigenvalue weighted by Gasteiger charge is -2.12. The number of aliphatic hydroxyl groups is 2. The highest BCUT2D eigenvalue weighted by Crippen LogP contribution is 2.36. The molecule has 0 unspecified atom stereocenters. The van der Waals surface area contributed by atoms with Crippen LogP contribution in [0.1, 0.15) is 11.1 Å². The first-order chi connectivity index (χ1) is 9.47. The van der Waals surface area contributed by atoms with Gasteiger partial charge in [0.25, 0.3) is 0 Å². The summed E-state index contributed by atoms with van der Waals surface area (Å²) in [5, 5.41) is 18.6. The second-order valence-corrected chi connectivity index (χ2v) is 7.57. The molecule has 0 heterocycles. The molecule has 0 saturated heterocycles. The maximum atomic E-state index is 9.31. The summed E-state index contributed by atoms with van der Waals surface area (Å²) in [7, 11) is 0. The van der Waals surface area contributed by atoms with E-state index in [0.717, 1.165) is 40.1 Å². The van der Waals surface area contributed by atoms with Crippen molar-refractivity contribution >= 4 is 63.7 Å². The second kappa shape index (κ2) is 7.03. The Labute approximate surface area is 150 Å². The minimum absolute atomic E-state index is 0.0295. The predicted molar refractivity (Wildman–Crippen MR) is 94.5 cm³/mol. The molecular weight excluding hydrogens is 520 g/mol. The minimum Gasteiger partial charge on any atom is -0.392 e. The third-order valence-corrected chi connectivity index (χ3v) is 5.76. The average molecular weight is 530 g/mol. The van der Waals surface area contributed by atoms with Crippen LogP contribution in [0, 0.1) is 0 Å². The van der Waals surface area contributed by atoms with Crippen molar-refractivity contribution in [3.8, 4) is 11.1 Å². The number of rotatable bonds is 3. The lowest BCUT2D eigenvalue weighted by atomic mass is 10.0. The van der Waals surface area contributed by atoms with Crippen molar-refractivity contribution in [3.05, 3.63) is 53.3 Å². The number of hydrogen-bond donors (Lipinski definition) is 2. The van der Waals surface area contributed by atoms with Crippen LogP contribution in [0.3, 0.4) is 0 Å². The fourth-order valence-corrected chi connectivity index (χ4v) is 4.72. The van der Waals surface area contributed by atoms with Crippen molar-refractivity contribution in [2.75, 3.05) is 0 Å². The smallest absolute Gasteiger partial charge is 0.0703 e. The third kappa shape index (κ3) is 3.36. The summed E-state index contributed by atoms with van der Waals surface area (Å²) in [5.74, 6) is 0. The maximum absolute atomic E-state index is 9.31. The number of benzene rings is 2. The van der Waals surface area contributed by atoms with Crippen LogP contribution in [-0.4, -0.2) is 10.2 Å². The molecular formula is C14H10Br4O2. The molecule has 0 aliphatic heterocycles. The van der Waals surface area contributed by atoms with Gasteiger partial charge in [0, 0.05) is 29.0 Å². The predicted octanol–water partition coefficient (Wildman–Crippen LogP) is 5.39. The van der Waals surface area contributed by atoms with E-state index in [2.05, 4.69) is 63.7 Å². The molecule has 2 aromatic rings. The fourth-order valence-electron chi connectivity index (χ4n) is 1.84. The lowest BCUT2D eigenvalue weighted by molar-refractivity contribution is 0.280. The topological polar surface area (TPSA) is 40.5 Å². The van der Waals surface area contributed by atoms with Gasteiger partial charge in [0.2, 0.25) is 0 Å². The van der Waals surface area contributed by atoms with E-state index in [4.69, 9.17) is 0 Å². The van der Waals surface area contributed by atoms with E-state index in [-0.39, 0.29) is 13.2 Å². The van der Waals surface area contributed by atoms with Crippen LogP contribution < -0.4 is 0 Å². The first kappa shape index (κ1) is 16.6. The van der Waals surface area contributed by atoms with Crippen LogP contribution in [-0.2, 0) is 13.2 Å². The summed E-state index contributed by atoms with van der Waals surface area (Å²) in [6.45, 7) is -0.0590. The van der Waals surface area contributed by atoms with Crippen LogP contribution in [0.2, 0.25) is 0 Å². The Balaban J connectivity index is 2.58. The van der Waals surface area contributed by atoms with E-state index < -0.39 is 0 Å². The van der Waals surface area contributed by atoms with E-state index in [0.29, 0.717) is 0 Å². The molecule has 0 aromatic heterocycles. The van der Waals surface area contributed by atoms with Gasteiger partial charge >= 0.3 is 0 Å². The van der Waals surface area contributed by atoms with Crippen molar-refractivity contribution in [1.29, 1.82) is 0 Å². The lowest BCUT2D eigenvalue weighted by Crippen LogP contribution is -1.92. The zero-order chi connectivity index (χ0) is 14.9. The zero-order valence-corrected chi connectivity index (χ0v) is 16.5. The molecule has 0 atom stereocenters. The molecule has 20 heavy (non-hydrogen) atoms. The van der Waals surface area contributed by atoms with Gasteiger partial charge in [0.15, 0.2) is 0 Å². The summed E-state index contributed by atoms with van der Waals surface area (Å²) in [6.07, 6.45) is 0. The second-order valence-electron chi connectivity index (χ2n) is 4.15. The molecule has 6 heteroatoms. The molecule has 0 amide bonds. The third-order valence-electron chi connectivity index (χ3n) is 2.93. The van der Waals surface area contributed by atoms with Crippen LogP contribution >= 0.6 is 63.7 Å². The van der Waals surface area contributed by atoms with Crippen molar-refractivity contribution in [2.24, 2.45) is 0 Å². The first-order valence-corrected chi connectivity index (χ1v) is 8.83. The van der Waals surface area contributed by atoms with Gasteiger partial charge in [-0.2, -0.15) is 0 Å². The molecule has 2 aromatic carbocycles. The van der Waals surface area contributed by atoms with E-state index in [9.17, 15) is 10.2 Å². The molecule has 106 valence electrons. The number of halogens is 4. The molecule has 0 aliphatic rings. The Morgan fingerprint density at radius 3 is 1.05 bits per heavy atom. The monoisotopic (exact) mass is 526 g/mol. The van der Waals surface area contributed by atoms with Gasteiger partial charge in [-0.25, -0.2) is 0 Å². The Morgan fingerprint density at radius 2 is 0.850 bits per heavy atom. The van der Waals surface area contributed by atoms with Crippen LogP contribution in [0.25, 0.3) is 11.1 Å². The number of aliphatic hydroxyl groups excluding tert-OH is 2. The maximum Gasteiger partial charge on any atom is 0.0703 e. The van der Waals surface area contributed by atoms with Gasteiger partial charge in [0.05, 0.1) is 13.2 Å². The SMILES string of the molecule is OCc1c(Br)cc(-c2cc(Br)c(CO)c(Br)c2)cc1Br. The van der Waals surface area contributed by atoms with Crippen LogP contribution in [0.5, 0.6) is 0 Å². The van der Waals surface area contributed by atoms with Crippen molar-refractivity contribution in [2.45, 2.75) is 13.2 Å². The average Bonchev–Trinajstić information content (AvgIpc) is 2.37. The van der Waals surface area contributed by atoms with Gasteiger partial charge in [0.1, 0.15) is 0 Å². The Kier molecular flexibility index (Phi) is 5.85. The normalized spacial score (nSPS) is 10.9. The molecule has 2 nitrogen and oxygen atoms in total. The molecule has 2 N–H and O–H groups in total. The summed E-state index contributed by atoms with van der Waals surface area (Å²) >= 11 is 13.9. The first-order valence-electron chi connectivity index (χ1n) is 5.65. The van der Waals surface area contributed by atoms with E-state index >= 15 is 0 Å². The standard InChI is InChI=1S/C14H10Br4O2/c15-11-1-7(2-12(16)9(11)5-19)8-3-13(17)10(6-20)14(18)4-8/h1-4,19-20H,5-6H2. The highest BCUT2D eigenvalue weighted by atomic mass is 79.9. The Hall–Kier alpha value is 0.280. The molecule has 0 spiro atoms. The van der Waals surface area contributed by atoms with Gasteiger partial charge in [-0.1, -0.05) is 63.7 Å². The minimum atomic E-state index is -0.0295. The van der Waals surface area contributed by atoms with Crippen molar-refractivity contribution in [3.63, 3.8) is 0 Å². The summed E-state index contributed by atoms with van der Waals surface area (Å²) in [6, 6.07) is 7.85. The highest BCUT2D eigenvalue weighted by Gasteiger charge is 2.11. The van der Waals surface area contributed by atoms with E-state index in [1.54, 1.807) is 0 Å². The highest BCUT2D eigenvalue weighted by molar-refractivity contribution is 9.11. The van der Waals surface area contributed by atoms with Gasteiger partial charge in [-0.3, -0.25) is 0 Å². The summed E-state index contributed by atoms with van der Waals surface area (Å²) in [4.78, 5) is 0. The molecule has 0 saturated carbocycles. The zero-order valence-electron chi connectivity index (χ0n) is 10.1. The Bertz CT molecular complexity index is 552. The van der Waals surface area contributed by atoms with Gasteiger partial charge in [-0.05, 0) is 35.4 Å². The quantitative estimate of drug-likeness (QED) is 0.560. The van der Waals surface area contributed by atoms with E-state index in [1.807, 2.05) is 24.3 Å².